The van der Waals surface area contributed by atoms with Gasteiger partial charge >= 0.3 is 0 Å². The minimum Gasteiger partial charge on any atom is -0.311 e. The number of carbonyl (C=O) groups excluding carboxylic acids is 1. The number of para-hydroxylation sites is 1. The molecule has 1 saturated heterocycles. The molecule has 3 nitrogen and oxygen atoms in total. The number of benzene rings is 1. The molecule has 1 unspecified atom stereocenters. The van der Waals surface area contributed by atoms with Crippen LogP contribution >= 0.6 is 0 Å². The lowest BCUT2D eigenvalue weighted by atomic mass is 10.2. The number of likely N-dealkylation sites (N-methyl/N-ethyl adjacent to an activating group) is 1. The Balaban J connectivity index is 1.61. The molecule has 0 radical (unpaired) electrons. The molecule has 2 aliphatic rings. The van der Waals surface area contributed by atoms with Crippen LogP contribution in [0.15, 0.2) is 30.3 Å². The second-order valence-electron chi connectivity index (χ2n) is 5.84. The van der Waals surface area contributed by atoms with E-state index in [1.165, 1.54) is 19.3 Å². The van der Waals surface area contributed by atoms with E-state index in [-0.39, 0.29) is 11.9 Å². The number of rotatable bonds is 5. The van der Waals surface area contributed by atoms with Crippen LogP contribution in [0.3, 0.4) is 0 Å². The molecule has 1 aliphatic heterocycles. The van der Waals surface area contributed by atoms with Crippen LogP contribution in [0.4, 0.5) is 5.69 Å². The molecule has 0 bridgehead atoms. The summed E-state index contributed by atoms with van der Waals surface area (Å²) in [6.45, 7) is 1.91. The van der Waals surface area contributed by atoms with Crippen LogP contribution in [-0.4, -0.2) is 37.0 Å². The molecule has 1 aliphatic carbocycles. The third-order valence-electron chi connectivity index (χ3n) is 4.36. The number of carbonyl (C=O) groups is 1. The average Bonchev–Trinajstić information content (AvgIpc) is 3.19. The Morgan fingerprint density at radius 3 is 2.63 bits per heavy atom. The normalized spacial score (nSPS) is 23.4. The van der Waals surface area contributed by atoms with E-state index in [0.29, 0.717) is 0 Å². The van der Waals surface area contributed by atoms with Crippen LogP contribution in [0.25, 0.3) is 0 Å². The predicted octanol–water partition coefficient (Wildman–Crippen LogP) is 2.52. The van der Waals surface area contributed by atoms with Crippen LogP contribution < -0.4 is 4.90 Å². The SMILES string of the molecule is CN(CCC1CC1)C1CCN(c2ccccc2)C1=O. The largest absolute Gasteiger partial charge is 0.311 e. The topological polar surface area (TPSA) is 23.6 Å². The van der Waals surface area contributed by atoms with E-state index in [9.17, 15) is 4.79 Å². The number of hydrogen-bond acceptors (Lipinski definition) is 2. The quantitative estimate of drug-likeness (QED) is 0.810. The maximum absolute atomic E-state index is 12.5. The third-order valence-corrected chi connectivity index (χ3v) is 4.36. The summed E-state index contributed by atoms with van der Waals surface area (Å²) in [7, 11) is 2.10. The van der Waals surface area contributed by atoms with Gasteiger partial charge in [-0.1, -0.05) is 31.0 Å². The fourth-order valence-electron chi connectivity index (χ4n) is 2.89. The van der Waals surface area contributed by atoms with Crippen molar-refractivity contribution in [2.45, 2.75) is 31.7 Å². The van der Waals surface area contributed by atoms with Gasteiger partial charge in [-0.2, -0.15) is 0 Å². The highest BCUT2D eigenvalue weighted by atomic mass is 16.2. The van der Waals surface area contributed by atoms with Gasteiger partial charge in [-0.25, -0.2) is 0 Å². The van der Waals surface area contributed by atoms with Gasteiger partial charge in [0.2, 0.25) is 5.91 Å². The Morgan fingerprint density at radius 2 is 1.95 bits per heavy atom. The first-order chi connectivity index (χ1) is 9.25. The second-order valence-corrected chi connectivity index (χ2v) is 5.84. The van der Waals surface area contributed by atoms with Gasteiger partial charge in [0.05, 0.1) is 6.04 Å². The van der Waals surface area contributed by atoms with Gasteiger partial charge in [-0.15, -0.1) is 0 Å². The van der Waals surface area contributed by atoms with Crippen LogP contribution in [0.2, 0.25) is 0 Å². The van der Waals surface area contributed by atoms with Gasteiger partial charge in [0.15, 0.2) is 0 Å². The average molecular weight is 258 g/mol. The number of amides is 1. The molecule has 0 N–H and O–H groups in total. The molecular weight excluding hydrogens is 236 g/mol. The molecule has 3 heteroatoms. The lowest BCUT2D eigenvalue weighted by molar-refractivity contribution is -0.121. The summed E-state index contributed by atoms with van der Waals surface area (Å²) >= 11 is 0. The molecule has 0 spiro atoms. The van der Waals surface area contributed by atoms with Crippen molar-refractivity contribution in [2.75, 3.05) is 25.0 Å². The van der Waals surface area contributed by atoms with E-state index in [1.54, 1.807) is 0 Å². The van der Waals surface area contributed by atoms with Crippen LogP contribution in [0.5, 0.6) is 0 Å². The lowest BCUT2D eigenvalue weighted by Crippen LogP contribution is -2.40. The second kappa shape index (κ2) is 5.33. The van der Waals surface area contributed by atoms with Gasteiger partial charge in [-0.3, -0.25) is 9.69 Å². The Morgan fingerprint density at radius 1 is 1.21 bits per heavy atom. The summed E-state index contributed by atoms with van der Waals surface area (Å²) in [5.41, 5.74) is 1.03. The van der Waals surface area contributed by atoms with Gasteiger partial charge in [0.1, 0.15) is 0 Å². The Labute approximate surface area is 115 Å². The van der Waals surface area contributed by atoms with Gasteiger partial charge in [0, 0.05) is 12.2 Å². The zero-order valence-electron chi connectivity index (χ0n) is 11.6. The summed E-state index contributed by atoms with van der Waals surface area (Å²) in [4.78, 5) is 16.7. The van der Waals surface area contributed by atoms with Crippen LogP contribution in [0, 0.1) is 5.92 Å². The van der Waals surface area contributed by atoms with Crippen molar-refractivity contribution in [3.05, 3.63) is 30.3 Å². The molecule has 0 aromatic heterocycles. The Hall–Kier alpha value is -1.35. The summed E-state index contributed by atoms with van der Waals surface area (Å²) in [6.07, 6.45) is 4.99. The molecule has 3 rings (SSSR count). The smallest absolute Gasteiger partial charge is 0.244 e. The number of anilines is 1. The van der Waals surface area contributed by atoms with E-state index in [0.717, 1.165) is 31.1 Å². The highest BCUT2D eigenvalue weighted by Crippen LogP contribution is 2.33. The van der Waals surface area contributed by atoms with Crippen LogP contribution in [-0.2, 0) is 4.79 Å². The van der Waals surface area contributed by atoms with Crippen molar-refractivity contribution in [3.63, 3.8) is 0 Å². The molecule has 1 heterocycles. The standard InChI is InChI=1S/C16H22N2O/c1-17(11-9-13-7-8-13)15-10-12-18(16(15)19)14-5-3-2-4-6-14/h2-6,13,15H,7-12H2,1H3. The summed E-state index contributed by atoms with van der Waals surface area (Å²) in [6, 6.07) is 10.1. The molecule has 1 atom stereocenters. The summed E-state index contributed by atoms with van der Waals surface area (Å²) < 4.78 is 0. The van der Waals surface area contributed by atoms with Gasteiger partial charge < -0.3 is 4.90 Å². The Bertz CT molecular complexity index is 441. The van der Waals surface area contributed by atoms with Crippen molar-refractivity contribution in [1.29, 1.82) is 0 Å². The molecule has 1 aromatic rings. The first-order valence-corrected chi connectivity index (χ1v) is 7.32. The van der Waals surface area contributed by atoms with E-state index in [2.05, 4.69) is 11.9 Å². The Kier molecular flexibility index (Phi) is 3.56. The van der Waals surface area contributed by atoms with Crippen molar-refractivity contribution >= 4 is 11.6 Å². The minimum atomic E-state index is 0.0824. The monoisotopic (exact) mass is 258 g/mol. The van der Waals surface area contributed by atoms with Gasteiger partial charge in [-0.05, 0) is 44.5 Å². The predicted molar refractivity (Wildman–Crippen MR) is 77.2 cm³/mol. The van der Waals surface area contributed by atoms with Crippen molar-refractivity contribution in [1.82, 2.24) is 4.90 Å². The number of nitrogens with zero attached hydrogens (tertiary/aromatic N) is 2. The zero-order valence-corrected chi connectivity index (χ0v) is 11.6. The molecule has 19 heavy (non-hydrogen) atoms. The van der Waals surface area contributed by atoms with Crippen LogP contribution in [0.1, 0.15) is 25.7 Å². The third kappa shape index (κ3) is 2.81. The summed E-state index contributed by atoms with van der Waals surface area (Å²) in [5, 5.41) is 0. The fourth-order valence-corrected chi connectivity index (χ4v) is 2.89. The molecule has 1 aromatic carbocycles. The summed E-state index contributed by atoms with van der Waals surface area (Å²) in [5.74, 6) is 1.20. The minimum absolute atomic E-state index is 0.0824. The molecule has 1 amide bonds. The van der Waals surface area contributed by atoms with Gasteiger partial charge in [0.25, 0.3) is 0 Å². The number of hydrogen-bond donors (Lipinski definition) is 0. The van der Waals surface area contributed by atoms with Crippen molar-refractivity contribution < 1.29 is 4.79 Å². The maximum Gasteiger partial charge on any atom is 0.244 e. The molecule has 1 saturated carbocycles. The van der Waals surface area contributed by atoms with E-state index < -0.39 is 0 Å². The van der Waals surface area contributed by atoms with E-state index in [1.807, 2.05) is 35.2 Å². The zero-order chi connectivity index (χ0) is 13.2. The van der Waals surface area contributed by atoms with Crippen molar-refractivity contribution in [2.24, 2.45) is 5.92 Å². The maximum atomic E-state index is 12.5. The highest BCUT2D eigenvalue weighted by molar-refractivity contribution is 5.99. The highest BCUT2D eigenvalue weighted by Gasteiger charge is 2.35. The first kappa shape index (κ1) is 12.7. The first-order valence-electron chi connectivity index (χ1n) is 7.32. The molecule has 102 valence electrons. The van der Waals surface area contributed by atoms with E-state index >= 15 is 0 Å². The molecular formula is C16H22N2O. The fraction of sp³-hybridized carbons (Fsp3) is 0.562. The van der Waals surface area contributed by atoms with E-state index in [4.69, 9.17) is 0 Å². The lowest BCUT2D eigenvalue weighted by Gasteiger charge is -2.23. The van der Waals surface area contributed by atoms with Crippen molar-refractivity contribution in [3.8, 4) is 0 Å². The molecule has 2 fully saturated rings.